The Morgan fingerprint density at radius 3 is 2.64 bits per heavy atom. The molecule has 1 aromatic rings. The second-order valence-electron chi connectivity index (χ2n) is 5.55. The summed E-state index contributed by atoms with van der Waals surface area (Å²) in [5, 5.41) is -0.325. The highest BCUT2D eigenvalue weighted by atomic mass is 32.2. The molecular weight excluding hydrogens is 373 g/mol. The lowest BCUT2D eigenvalue weighted by Crippen LogP contribution is -2.63. The summed E-state index contributed by atoms with van der Waals surface area (Å²) in [5.41, 5.74) is 0. The molecule has 0 unspecified atom stereocenters. The minimum absolute atomic E-state index is 0.108. The van der Waals surface area contributed by atoms with E-state index >= 15 is 0 Å². The summed E-state index contributed by atoms with van der Waals surface area (Å²) < 4.78 is 39.3. The summed E-state index contributed by atoms with van der Waals surface area (Å²) in [6.07, 6.45) is 0. The number of sulfonamides is 1. The number of halogens is 1. The summed E-state index contributed by atoms with van der Waals surface area (Å²) in [6, 6.07) is 4.09. The monoisotopic (exact) mass is 387 g/mol. The number of carbonyl (C=O) groups excluding carboxylic acids is 3. The molecule has 3 amide bonds. The molecule has 2 aliphatic heterocycles. The number of amides is 3. The van der Waals surface area contributed by atoms with Crippen LogP contribution in [0.3, 0.4) is 0 Å². The van der Waals surface area contributed by atoms with E-state index in [9.17, 15) is 27.2 Å². The van der Waals surface area contributed by atoms with Crippen molar-refractivity contribution in [3.05, 3.63) is 30.1 Å². The van der Waals surface area contributed by atoms with Crippen molar-refractivity contribution in [2.75, 3.05) is 25.4 Å². The fourth-order valence-electron chi connectivity index (χ4n) is 2.53. The molecule has 1 N–H and O–H groups in total. The molecule has 11 heteroatoms. The number of rotatable bonds is 5. The predicted molar refractivity (Wildman–Crippen MR) is 86.7 cm³/mol. The minimum Gasteiger partial charge on any atom is -0.337 e. The summed E-state index contributed by atoms with van der Waals surface area (Å²) in [5.74, 6) is -1.35. The highest BCUT2D eigenvalue weighted by molar-refractivity contribution is 8.14. The van der Waals surface area contributed by atoms with E-state index in [4.69, 9.17) is 0 Å². The van der Waals surface area contributed by atoms with Crippen LogP contribution < -0.4 is 4.72 Å². The van der Waals surface area contributed by atoms with Crippen LogP contribution in [-0.4, -0.2) is 66.7 Å². The molecule has 2 fully saturated rings. The largest absolute Gasteiger partial charge is 0.337 e. The van der Waals surface area contributed by atoms with Crippen molar-refractivity contribution in [1.29, 1.82) is 0 Å². The number of hydrogen-bond donors (Lipinski definition) is 1. The average molecular weight is 387 g/mol. The van der Waals surface area contributed by atoms with Gasteiger partial charge in [-0.1, -0.05) is 17.8 Å². The second kappa shape index (κ2) is 6.73. The minimum atomic E-state index is -4.00. The number of benzene rings is 1. The first-order valence-electron chi connectivity index (χ1n) is 7.30. The molecule has 2 saturated heterocycles. The van der Waals surface area contributed by atoms with Crippen molar-refractivity contribution in [3.63, 3.8) is 0 Å². The zero-order chi connectivity index (χ0) is 18.2. The van der Waals surface area contributed by atoms with Crippen molar-refractivity contribution in [2.45, 2.75) is 10.9 Å². The van der Waals surface area contributed by atoms with Gasteiger partial charge in [-0.15, -0.1) is 0 Å². The van der Waals surface area contributed by atoms with E-state index in [0.29, 0.717) is 0 Å². The maximum atomic E-state index is 13.1. The first kappa shape index (κ1) is 17.8. The SMILES string of the molecule is O=C(CNS(=O)(=O)c1cccc(F)c1)N1CC(N2C(=O)CSC2=O)C1. The molecule has 2 heterocycles. The van der Waals surface area contributed by atoms with Crippen LogP contribution in [0.2, 0.25) is 0 Å². The summed E-state index contributed by atoms with van der Waals surface area (Å²) >= 11 is 0.925. The Hall–Kier alpha value is -1.98. The van der Waals surface area contributed by atoms with Gasteiger partial charge in [-0.05, 0) is 18.2 Å². The smallest absolute Gasteiger partial charge is 0.289 e. The lowest BCUT2D eigenvalue weighted by molar-refractivity contribution is -0.141. The number of likely N-dealkylation sites (tertiary alicyclic amines) is 1. The van der Waals surface area contributed by atoms with Crippen molar-refractivity contribution in [1.82, 2.24) is 14.5 Å². The summed E-state index contributed by atoms with van der Waals surface area (Å²) in [7, 11) is -4.00. The van der Waals surface area contributed by atoms with Crippen LogP contribution in [-0.2, 0) is 19.6 Å². The van der Waals surface area contributed by atoms with E-state index < -0.39 is 28.3 Å². The lowest BCUT2D eigenvalue weighted by Gasteiger charge is -2.42. The molecule has 1 aromatic carbocycles. The lowest BCUT2D eigenvalue weighted by atomic mass is 10.1. The van der Waals surface area contributed by atoms with Crippen molar-refractivity contribution >= 4 is 38.8 Å². The van der Waals surface area contributed by atoms with Crippen LogP contribution in [0.15, 0.2) is 29.2 Å². The Labute approximate surface area is 147 Å². The van der Waals surface area contributed by atoms with Gasteiger partial charge in [0.25, 0.3) is 5.24 Å². The molecule has 0 atom stereocenters. The molecule has 0 bridgehead atoms. The standard InChI is InChI=1S/C14H14FN3O5S2/c15-9-2-1-3-11(4-9)25(22,23)16-5-12(19)17-6-10(7-17)18-13(20)8-24-14(18)21/h1-4,10,16H,5-8H2. The van der Waals surface area contributed by atoms with Crippen molar-refractivity contribution in [3.8, 4) is 0 Å². The number of thioether (sulfide) groups is 1. The van der Waals surface area contributed by atoms with Crippen LogP contribution >= 0.6 is 11.8 Å². The third kappa shape index (κ3) is 3.67. The average Bonchev–Trinajstić information content (AvgIpc) is 2.84. The molecular formula is C14H14FN3O5S2. The van der Waals surface area contributed by atoms with E-state index in [1.165, 1.54) is 17.0 Å². The zero-order valence-electron chi connectivity index (χ0n) is 12.8. The van der Waals surface area contributed by atoms with Crippen molar-refractivity contribution < 1.29 is 27.2 Å². The van der Waals surface area contributed by atoms with E-state index in [1.54, 1.807) is 0 Å². The van der Waals surface area contributed by atoms with E-state index in [-0.39, 0.29) is 40.9 Å². The Balaban J connectivity index is 1.52. The van der Waals surface area contributed by atoms with Gasteiger partial charge in [0.2, 0.25) is 21.8 Å². The van der Waals surface area contributed by atoms with Gasteiger partial charge in [-0.25, -0.2) is 17.5 Å². The number of nitrogens with zero attached hydrogens (tertiary/aromatic N) is 2. The highest BCUT2D eigenvalue weighted by Crippen LogP contribution is 2.26. The Bertz CT molecular complexity index is 823. The third-order valence-electron chi connectivity index (χ3n) is 3.88. The van der Waals surface area contributed by atoms with Crippen LogP contribution in [0.5, 0.6) is 0 Å². The van der Waals surface area contributed by atoms with E-state index in [1.807, 2.05) is 0 Å². The highest BCUT2D eigenvalue weighted by Gasteiger charge is 2.43. The van der Waals surface area contributed by atoms with Gasteiger partial charge in [0.15, 0.2) is 0 Å². The summed E-state index contributed by atoms with van der Waals surface area (Å²) in [6.45, 7) is -0.126. The van der Waals surface area contributed by atoms with Crippen LogP contribution in [0.4, 0.5) is 9.18 Å². The number of imide groups is 1. The number of nitrogens with one attached hydrogen (secondary N) is 1. The van der Waals surface area contributed by atoms with E-state index in [2.05, 4.69) is 4.72 Å². The zero-order valence-corrected chi connectivity index (χ0v) is 14.5. The molecule has 0 saturated carbocycles. The maximum absolute atomic E-state index is 13.1. The first-order valence-corrected chi connectivity index (χ1v) is 9.76. The molecule has 0 spiro atoms. The Kier molecular flexibility index (Phi) is 4.80. The fourth-order valence-corrected chi connectivity index (χ4v) is 4.31. The topological polar surface area (TPSA) is 104 Å². The molecule has 25 heavy (non-hydrogen) atoms. The predicted octanol–water partition coefficient (Wildman–Crippen LogP) is 0.0102. The normalized spacial score (nSPS) is 18.6. The maximum Gasteiger partial charge on any atom is 0.289 e. The van der Waals surface area contributed by atoms with Crippen molar-refractivity contribution in [2.24, 2.45) is 0 Å². The fraction of sp³-hybridized carbons (Fsp3) is 0.357. The van der Waals surface area contributed by atoms with Gasteiger partial charge >= 0.3 is 0 Å². The van der Waals surface area contributed by atoms with E-state index in [0.717, 1.165) is 28.8 Å². The Morgan fingerprint density at radius 1 is 1.32 bits per heavy atom. The van der Waals surface area contributed by atoms with Gasteiger partial charge in [0, 0.05) is 13.1 Å². The van der Waals surface area contributed by atoms with Crippen LogP contribution in [0.1, 0.15) is 0 Å². The van der Waals surface area contributed by atoms with Gasteiger partial charge in [0.1, 0.15) is 5.82 Å². The molecule has 0 radical (unpaired) electrons. The van der Waals surface area contributed by atoms with Gasteiger partial charge < -0.3 is 4.90 Å². The molecule has 2 aliphatic rings. The van der Waals surface area contributed by atoms with Crippen LogP contribution in [0.25, 0.3) is 0 Å². The van der Waals surface area contributed by atoms with Crippen LogP contribution in [0, 0.1) is 5.82 Å². The van der Waals surface area contributed by atoms with Gasteiger partial charge in [0.05, 0.1) is 23.2 Å². The number of hydrogen-bond acceptors (Lipinski definition) is 6. The third-order valence-corrected chi connectivity index (χ3v) is 6.12. The molecule has 0 aliphatic carbocycles. The molecule has 8 nitrogen and oxygen atoms in total. The molecule has 3 rings (SSSR count). The quantitative estimate of drug-likeness (QED) is 0.763. The first-order chi connectivity index (χ1) is 11.8. The Morgan fingerprint density at radius 2 is 2.04 bits per heavy atom. The summed E-state index contributed by atoms with van der Waals surface area (Å²) in [4.78, 5) is 37.4. The second-order valence-corrected chi connectivity index (χ2v) is 8.25. The molecule has 0 aromatic heterocycles. The molecule has 134 valence electrons. The van der Waals surface area contributed by atoms with Gasteiger partial charge in [-0.3, -0.25) is 19.3 Å². The number of carbonyl (C=O) groups is 3. The van der Waals surface area contributed by atoms with Gasteiger partial charge in [-0.2, -0.15) is 0 Å².